The van der Waals surface area contributed by atoms with Crippen molar-refractivity contribution >= 4 is 16.9 Å². The normalized spacial score (nSPS) is 12.0. The molecule has 1 amide bonds. The van der Waals surface area contributed by atoms with Crippen molar-refractivity contribution in [3.05, 3.63) is 102 Å². The number of carbonyl (C=O) groups excluding carboxylic acids is 1. The number of hydrogen-bond donors (Lipinski definition) is 1. The van der Waals surface area contributed by atoms with Gasteiger partial charge in [0.15, 0.2) is 0 Å². The minimum atomic E-state index is -0.145. The maximum atomic E-state index is 12.9. The van der Waals surface area contributed by atoms with Gasteiger partial charge in [-0.05, 0) is 36.2 Å². The SMILES string of the molecule is CCCC[C@H](NC(=O)c1ccccc1)c1nc2ccccc2n1Cc1ccccc1. The molecule has 0 bridgehead atoms. The first-order valence-corrected chi connectivity index (χ1v) is 10.6. The van der Waals surface area contributed by atoms with Crippen LogP contribution in [0.4, 0.5) is 0 Å². The molecule has 4 heteroatoms. The van der Waals surface area contributed by atoms with Gasteiger partial charge in [-0.2, -0.15) is 0 Å². The Morgan fingerprint density at radius 2 is 1.60 bits per heavy atom. The Morgan fingerprint density at radius 3 is 2.33 bits per heavy atom. The van der Waals surface area contributed by atoms with Gasteiger partial charge in [-0.3, -0.25) is 4.79 Å². The fourth-order valence-electron chi connectivity index (χ4n) is 3.80. The molecule has 0 aliphatic heterocycles. The van der Waals surface area contributed by atoms with Crippen LogP contribution in [0.15, 0.2) is 84.9 Å². The van der Waals surface area contributed by atoms with Crippen LogP contribution in [-0.4, -0.2) is 15.5 Å². The summed E-state index contributed by atoms with van der Waals surface area (Å²) in [6.45, 7) is 2.89. The highest BCUT2D eigenvalue weighted by molar-refractivity contribution is 5.94. The van der Waals surface area contributed by atoms with Gasteiger partial charge in [-0.25, -0.2) is 4.98 Å². The molecule has 4 rings (SSSR count). The number of rotatable bonds is 8. The number of aromatic nitrogens is 2. The van der Waals surface area contributed by atoms with Gasteiger partial charge >= 0.3 is 0 Å². The molecule has 1 aromatic heterocycles. The lowest BCUT2D eigenvalue weighted by atomic mass is 10.1. The molecule has 0 saturated carbocycles. The molecule has 1 atom stereocenters. The van der Waals surface area contributed by atoms with Crippen LogP contribution in [0.3, 0.4) is 0 Å². The molecule has 30 heavy (non-hydrogen) atoms. The first-order chi connectivity index (χ1) is 14.8. The lowest BCUT2D eigenvalue weighted by molar-refractivity contribution is 0.0931. The predicted molar refractivity (Wildman–Crippen MR) is 121 cm³/mol. The van der Waals surface area contributed by atoms with E-state index in [4.69, 9.17) is 4.98 Å². The summed E-state index contributed by atoms with van der Waals surface area (Å²) in [5.74, 6) is 0.854. The summed E-state index contributed by atoms with van der Waals surface area (Å²) in [4.78, 5) is 17.9. The fraction of sp³-hybridized carbons (Fsp3) is 0.231. The lowest BCUT2D eigenvalue weighted by Gasteiger charge is -2.20. The zero-order chi connectivity index (χ0) is 20.8. The van der Waals surface area contributed by atoms with E-state index in [9.17, 15) is 4.79 Å². The number of benzene rings is 3. The highest BCUT2D eigenvalue weighted by atomic mass is 16.1. The van der Waals surface area contributed by atoms with Gasteiger partial charge < -0.3 is 9.88 Å². The smallest absolute Gasteiger partial charge is 0.251 e. The number of amides is 1. The third-order valence-electron chi connectivity index (χ3n) is 5.37. The molecule has 3 aromatic carbocycles. The zero-order valence-corrected chi connectivity index (χ0v) is 17.3. The molecule has 0 fully saturated rings. The van der Waals surface area contributed by atoms with Crippen molar-refractivity contribution in [3.8, 4) is 0 Å². The van der Waals surface area contributed by atoms with Crippen LogP contribution in [0.5, 0.6) is 0 Å². The van der Waals surface area contributed by atoms with Crippen LogP contribution in [0.2, 0.25) is 0 Å². The monoisotopic (exact) mass is 397 g/mol. The average molecular weight is 398 g/mol. The van der Waals surface area contributed by atoms with Gasteiger partial charge in [0.25, 0.3) is 5.91 Å². The van der Waals surface area contributed by atoms with Crippen LogP contribution in [0.25, 0.3) is 11.0 Å². The number of para-hydroxylation sites is 2. The van der Waals surface area contributed by atoms with Gasteiger partial charge in [0.05, 0.1) is 17.1 Å². The number of hydrogen-bond acceptors (Lipinski definition) is 2. The largest absolute Gasteiger partial charge is 0.342 e. The molecule has 0 saturated heterocycles. The molecule has 0 radical (unpaired) electrons. The van der Waals surface area contributed by atoms with Crippen LogP contribution in [-0.2, 0) is 6.54 Å². The summed E-state index contributed by atoms with van der Waals surface area (Å²) in [6, 6.07) is 27.8. The van der Waals surface area contributed by atoms with E-state index in [1.807, 2.05) is 54.6 Å². The second kappa shape index (κ2) is 9.40. The van der Waals surface area contributed by atoms with E-state index in [0.29, 0.717) is 5.56 Å². The summed E-state index contributed by atoms with van der Waals surface area (Å²) < 4.78 is 2.25. The number of imidazole rings is 1. The second-order valence-electron chi connectivity index (χ2n) is 7.56. The van der Waals surface area contributed by atoms with Gasteiger partial charge in [-0.1, -0.05) is 80.4 Å². The van der Waals surface area contributed by atoms with Crippen LogP contribution >= 0.6 is 0 Å². The van der Waals surface area contributed by atoms with Crippen molar-refractivity contribution in [2.24, 2.45) is 0 Å². The maximum absolute atomic E-state index is 12.9. The second-order valence-corrected chi connectivity index (χ2v) is 7.56. The molecule has 4 nitrogen and oxygen atoms in total. The minimum absolute atomic E-state index is 0.0602. The summed E-state index contributed by atoms with van der Waals surface area (Å²) >= 11 is 0. The third kappa shape index (κ3) is 4.43. The highest BCUT2D eigenvalue weighted by Gasteiger charge is 2.22. The topological polar surface area (TPSA) is 46.9 Å². The van der Waals surface area contributed by atoms with Crippen molar-refractivity contribution in [2.75, 3.05) is 0 Å². The molecule has 4 aromatic rings. The Bertz CT molecular complexity index is 1100. The Balaban J connectivity index is 1.73. The highest BCUT2D eigenvalue weighted by Crippen LogP contribution is 2.26. The number of unbranched alkanes of at least 4 members (excludes halogenated alkanes) is 1. The van der Waals surface area contributed by atoms with Crippen LogP contribution in [0, 0.1) is 0 Å². The average Bonchev–Trinajstić information content (AvgIpc) is 3.16. The standard InChI is InChI=1S/C26H27N3O/c1-2-3-16-23(28-26(30)21-14-8-5-9-15-21)25-27-22-17-10-11-18-24(22)29(25)19-20-12-6-4-7-13-20/h4-15,17-18,23H,2-3,16,19H2,1H3,(H,28,30)/t23-/m0/s1. The Kier molecular flexibility index (Phi) is 6.23. The predicted octanol–water partition coefficient (Wildman–Crippen LogP) is 5.75. The van der Waals surface area contributed by atoms with E-state index in [1.54, 1.807) is 0 Å². The number of nitrogens with one attached hydrogen (secondary N) is 1. The first kappa shape index (κ1) is 19.9. The fourth-order valence-corrected chi connectivity index (χ4v) is 3.80. The summed E-state index contributed by atoms with van der Waals surface area (Å²) in [6.07, 6.45) is 2.94. The van der Waals surface area contributed by atoms with Gasteiger partial charge in [0.2, 0.25) is 0 Å². The third-order valence-corrected chi connectivity index (χ3v) is 5.37. The quantitative estimate of drug-likeness (QED) is 0.412. The minimum Gasteiger partial charge on any atom is -0.342 e. The molecule has 0 aliphatic rings. The van der Waals surface area contributed by atoms with E-state index < -0.39 is 0 Å². The van der Waals surface area contributed by atoms with Gasteiger partial charge in [0.1, 0.15) is 5.82 Å². The van der Waals surface area contributed by atoms with E-state index >= 15 is 0 Å². The van der Waals surface area contributed by atoms with Gasteiger partial charge in [-0.15, -0.1) is 0 Å². The summed E-state index contributed by atoms with van der Waals surface area (Å²) in [5, 5.41) is 3.25. The number of carbonyl (C=O) groups is 1. The van der Waals surface area contributed by atoms with Crippen molar-refractivity contribution < 1.29 is 4.79 Å². The Morgan fingerprint density at radius 1 is 0.933 bits per heavy atom. The number of nitrogens with zero attached hydrogens (tertiary/aromatic N) is 2. The molecular weight excluding hydrogens is 370 g/mol. The summed E-state index contributed by atoms with van der Waals surface area (Å²) in [5.41, 5.74) is 3.93. The van der Waals surface area contributed by atoms with Crippen molar-refractivity contribution in [1.82, 2.24) is 14.9 Å². The molecule has 0 aliphatic carbocycles. The molecule has 1 heterocycles. The summed E-state index contributed by atoms with van der Waals surface area (Å²) in [7, 11) is 0. The van der Waals surface area contributed by atoms with Crippen LogP contribution in [0.1, 0.15) is 54.0 Å². The van der Waals surface area contributed by atoms with Crippen molar-refractivity contribution in [2.45, 2.75) is 38.8 Å². The molecule has 1 N–H and O–H groups in total. The van der Waals surface area contributed by atoms with E-state index in [-0.39, 0.29) is 11.9 Å². The first-order valence-electron chi connectivity index (χ1n) is 10.6. The van der Waals surface area contributed by atoms with E-state index in [2.05, 4.69) is 47.1 Å². The van der Waals surface area contributed by atoms with E-state index in [0.717, 1.165) is 42.7 Å². The Hall–Kier alpha value is -3.40. The van der Waals surface area contributed by atoms with Crippen LogP contribution < -0.4 is 5.32 Å². The molecular formula is C26H27N3O. The van der Waals surface area contributed by atoms with Crippen molar-refractivity contribution in [3.63, 3.8) is 0 Å². The number of fused-ring (bicyclic) bond motifs is 1. The maximum Gasteiger partial charge on any atom is 0.251 e. The zero-order valence-electron chi connectivity index (χ0n) is 17.3. The molecule has 0 unspecified atom stereocenters. The molecule has 0 spiro atoms. The Labute approximate surface area is 177 Å². The van der Waals surface area contributed by atoms with Crippen molar-refractivity contribution in [1.29, 1.82) is 0 Å². The molecule has 152 valence electrons. The van der Waals surface area contributed by atoms with E-state index in [1.165, 1.54) is 5.56 Å². The van der Waals surface area contributed by atoms with Gasteiger partial charge in [0, 0.05) is 12.1 Å². The lowest BCUT2D eigenvalue weighted by Crippen LogP contribution is -2.30.